The molecule has 4 heteroatoms. The quantitative estimate of drug-likeness (QED) is 0.865. The largest absolute Gasteiger partial charge is 0.404 e. The lowest BCUT2D eigenvalue weighted by molar-refractivity contribution is -0.120. The summed E-state index contributed by atoms with van der Waals surface area (Å²) < 4.78 is 0. The van der Waals surface area contributed by atoms with E-state index in [1.54, 1.807) is 13.3 Å². The first-order valence-electron chi connectivity index (χ1n) is 7.03. The molecule has 0 aliphatic heterocycles. The predicted octanol–water partition coefficient (Wildman–Crippen LogP) is 2.59. The molecule has 0 atom stereocenters. The van der Waals surface area contributed by atoms with Gasteiger partial charge in [-0.15, -0.1) is 0 Å². The van der Waals surface area contributed by atoms with Crippen LogP contribution in [0.1, 0.15) is 36.8 Å². The molecule has 0 aromatic heterocycles. The van der Waals surface area contributed by atoms with Gasteiger partial charge in [0.15, 0.2) is 0 Å². The number of nitrogens with two attached hydrogens (primary N) is 1. The highest BCUT2D eigenvalue weighted by Gasteiger charge is 2.36. The molecule has 2 rings (SSSR count). The van der Waals surface area contributed by atoms with E-state index in [1.807, 2.05) is 24.3 Å². The first-order valence-corrected chi connectivity index (χ1v) is 7.03. The maximum Gasteiger partial charge on any atom is 0.133 e. The maximum atomic E-state index is 11.5. The minimum Gasteiger partial charge on any atom is -0.404 e. The average Bonchev–Trinajstić information content (AvgIpc) is 2.54. The highest BCUT2D eigenvalue weighted by Crippen LogP contribution is 2.38. The molecule has 1 aliphatic carbocycles. The average molecular weight is 281 g/mol. The maximum absolute atomic E-state index is 11.5. The standard InChI is InChI=1S/C17H19N3O/c1-20-11-14(10-18)13-3-2-4-15(9-13)17(12-19)7-5-16(21)6-8-17/h2-4,9-11H,5-8,18H2,1H3/b14-10+,20-11?. The van der Waals surface area contributed by atoms with Crippen molar-refractivity contribution in [3.05, 3.63) is 41.6 Å². The summed E-state index contributed by atoms with van der Waals surface area (Å²) >= 11 is 0. The molecule has 0 saturated heterocycles. The molecule has 1 aromatic rings. The number of carbonyl (C=O) groups excluding carboxylic acids is 1. The van der Waals surface area contributed by atoms with Crippen molar-refractivity contribution in [3.63, 3.8) is 0 Å². The molecular formula is C17H19N3O. The highest BCUT2D eigenvalue weighted by atomic mass is 16.1. The molecule has 0 bridgehead atoms. The second-order valence-corrected chi connectivity index (χ2v) is 5.32. The van der Waals surface area contributed by atoms with Crippen molar-refractivity contribution in [2.24, 2.45) is 10.7 Å². The number of benzene rings is 1. The van der Waals surface area contributed by atoms with Crippen LogP contribution in [0.2, 0.25) is 0 Å². The fourth-order valence-electron chi connectivity index (χ4n) is 2.77. The van der Waals surface area contributed by atoms with Gasteiger partial charge in [0, 0.05) is 37.9 Å². The zero-order valence-electron chi connectivity index (χ0n) is 12.2. The van der Waals surface area contributed by atoms with Gasteiger partial charge in [0.2, 0.25) is 0 Å². The lowest BCUT2D eigenvalue weighted by Gasteiger charge is -2.30. The summed E-state index contributed by atoms with van der Waals surface area (Å²) in [5, 5.41) is 9.64. The number of carbonyl (C=O) groups is 1. The van der Waals surface area contributed by atoms with Crippen molar-refractivity contribution >= 4 is 17.6 Å². The molecule has 2 N–H and O–H groups in total. The van der Waals surface area contributed by atoms with Crippen LogP contribution in [0.3, 0.4) is 0 Å². The van der Waals surface area contributed by atoms with Gasteiger partial charge < -0.3 is 5.73 Å². The van der Waals surface area contributed by atoms with Crippen LogP contribution >= 0.6 is 0 Å². The van der Waals surface area contributed by atoms with E-state index in [-0.39, 0.29) is 5.78 Å². The minimum atomic E-state index is -0.563. The Labute approximate surface area is 125 Å². The Bertz CT molecular complexity index is 628. The number of hydrogen-bond donors (Lipinski definition) is 1. The molecule has 108 valence electrons. The molecule has 0 spiro atoms. The van der Waals surface area contributed by atoms with Crippen molar-refractivity contribution in [3.8, 4) is 6.07 Å². The SMILES string of the molecule is CN=C/C(=C\N)c1cccc(C2(C#N)CCC(=O)CC2)c1. The van der Waals surface area contributed by atoms with Gasteiger partial charge in [0.25, 0.3) is 0 Å². The van der Waals surface area contributed by atoms with E-state index in [9.17, 15) is 10.1 Å². The van der Waals surface area contributed by atoms with E-state index in [4.69, 9.17) is 5.73 Å². The Kier molecular flexibility index (Phi) is 4.54. The number of nitrogens with zero attached hydrogens (tertiary/aromatic N) is 2. The van der Waals surface area contributed by atoms with Crippen molar-refractivity contribution < 1.29 is 4.79 Å². The highest BCUT2D eigenvalue weighted by molar-refractivity contribution is 6.09. The Morgan fingerprint density at radius 2 is 2.14 bits per heavy atom. The second-order valence-electron chi connectivity index (χ2n) is 5.32. The first kappa shape index (κ1) is 15.0. The lowest BCUT2D eigenvalue weighted by Crippen LogP contribution is -2.30. The Balaban J connectivity index is 2.41. The number of Topliss-reactive ketones (excluding diaryl/α,β-unsaturated/α-hetero) is 1. The predicted molar refractivity (Wildman–Crippen MR) is 83.8 cm³/mol. The van der Waals surface area contributed by atoms with Crippen LogP contribution in [0, 0.1) is 11.3 Å². The number of rotatable bonds is 3. The van der Waals surface area contributed by atoms with Gasteiger partial charge in [-0.2, -0.15) is 5.26 Å². The molecule has 1 fully saturated rings. The van der Waals surface area contributed by atoms with E-state index in [0.29, 0.717) is 25.7 Å². The summed E-state index contributed by atoms with van der Waals surface area (Å²) in [4.78, 5) is 15.4. The fourth-order valence-corrected chi connectivity index (χ4v) is 2.77. The van der Waals surface area contributed by atoms with Gasteiger partial charge in [0.1, 0.15) is 5.78 Å². The van der Waals surface area contributed by atoms with Gasteiger partial charge in [0.05, 0.1) is 11.5 Å². The Morgan fingerprint density at radius 1 is 1.43 bits per heavy atom. The summed E-state index contributed by atoms with van der Waals surface area (Å²) in [6.45, 7) is 0. The summed E-state index contributed by atoms with van der Waals surface area (Å²) in [5.41, 5.74) is 7.79. The van der Waals surface area contributed by atoms with Crippen molar-refractivity contribution in [2.75, 3.05) is 7.05 Å². The number of aliphatic imine (C=N–C) groups is 1. The molecule has 21 heavy (non-hydrogen) atoms. The third-order valence-corrected chi connectivity index (χ3v) is 4.07. The molecular weight excluding hydrogens is 262 g/mol. The number of ketones is 1. The van der Waals surface area contributed by atoms with Crippen LogP contribution in [0.25, 0.3) is 5.57 Å². The van der Waals surface area contributed by atoms with Gasteiger partial charge in [-0.3, -0.25) is 9.79 Å². The van der Waals surface area contributed by atoms with E-state index < -0.39 is 5.41 Å². The number of nitriles is 1. The Morgan fingerprint density at radius 3 is 2.71 bits per heavy atom. The third kappa shape index (κ3) is 3.03. The summed E-state index contributed by atoms with van der Waals surface area (Å²) in [5.74, 6) is 0.248. The molecule has 1 saturated carbocycles. The van der Waals surface area contributed by atoms with Crippen LogP contribution in [0.15, 0.2) is 35.5 Å². The van der Waals surface area contributed by atoms with E-state index in [1.165, 1.54) is 6.20 Å². The summed E-state index contributed by atoms with van der Waals surface area (Å²) in [6, 6.07) is 10.2. The molecule has 0 unspecified atom stereocenters. The number of allylic oxidation sites excluding steroid dienone is 1. The Hall–Kier alpha value is -2.41. The van der Waals surface area contributed by atoms with Crippen molar-refractivity contribution in [2.45, 2.75) is 31.1 Å². The molecule has 1 aromatic carbocycles. The van der Waals surface area contributed by atoms with Crippen LogP contribution < -0.4 is 5.73 Å². The molecule has 0 amide bonds. The smallest absolute Gasteiger partial charge is 0.133 e. The van der Waals surface area contributed by atoms with Crippen molar-refractivity contribution in [1.82, 2.24) is 0 Å². The van der Waals surface area contributed by atoms with E-state index in [2.05, 4.69) is 11.1 Å². The zero-order valence-corrected chi connectivity index (χ0v) is 12.2. The van der Waals surface area contributed by atoms with E-state index >= 15 is 0 Å². The van der Waals surface area contributed by atoms with Gasteiger partial charge in [-0.1, -0.05) is 18.2 Å². The second kappa shape index (κ2) is 6.36. The van der Waals surface area contributed by atoms with Gasteiger partial charge in [-0.25, -0.2) is 0 Å². The summed E-state index contributed by atoms with van der Waals surface area (Å²) in [6.07, 6.45) is 5.35. The zero-order chi connectivity index (χ0) is 15.3. The number of hydrogen-bond acceptors (Lipinski definition) is 4. The topological polar surface area (TPSA) is 79.2 Å². The minimum absolute atomic E-state index is 0.248. The molecule has 1 aliphatic rings. The molecule has 0 heterocycles. The third-order valence-electron chi connectivity index (χ3n) is 4.07. The first-order chi connectivity index (χ1) is 10.1. The van der Waals surface area contributed by atoms with Crippen molar-refractivity contribution in [1.29, 1.82) is 5.26 Å². The fraction of sp³-hybridized carbons (Fsp3) is 0.353. The lowest BCUT2D eigenvalue weighted by atomic mass is 9.70. The molecule has 4 nitrogen and oxygen atoms in total. The monoisotopic (exact) mass is 281 g/mol. The van der Waals surface area contributed by atoms with Crippen LogP contribution in [0.5, 0.6) is 0 Å². The van der Waals surface area contributed by atoms with Crippen LogP contribution in [0.4, 0.5) is 0 Å². The van der Waals surface area contributed by atoms with Gasteiger partial charge in [-0.05, 0) is 30.0 Å². The van der Waals surface area contributed by atoms with Crippen LogP contribution in [-0.4, -0.2) is 19.0 Å². The normalized spacial score (nSPS) is 18.7. The van der Waals surface area contributed by atoms with Gasteiger partial charge >= 0.3 is 0 Å². The van der Waals surface area contributed by atoms with Crippen LogP contribution in [-0.2, 0) is 10.2 Å². The van der Waals surface area contributed by atoms with E-state index in [0.717, 1.165) is 16.7 Å². The summed E-state index contributed by atoms with van der Waals surface area (Å²) in [7, 11) is 1.69. The molecule has 0 radical (unpaired) electrons.